The number of amides is 1. The first-order valence-corrected chi connectivity index (χ1v) is 13.4. The lowest BCUT2D eigenvalue weighted by Crippen LogP contribution is -2.55. The maximum absolute atomic E-state index is 13.4. The van der Waals surface area contributed by atoms with E-state index in [2.05, 4.69) is 5.32 Å². The molecular formula is C28H29NO5S. The summed E-state index contributed by atoms with van der Waals surface area (Å²) in [4.78, 5) is 25.4. The van der Waals surface area contributed by atoms with Crippen molar-refractivity contribution in [1.29, 1.82) is 0 Å². The van der Waals surface area contributed by atoms with Gasteiger partial charge in [-0.1, -0.05) is 97.8 Å². The molecule has 0 saturated heterocycles. The molecule has 1 fully saturated rings. The van der Waals surface area contributed by atoms with E-state index >= 15 is 0 Å². The molecule has 2 N–H and O–H groups in total. The highest BCUT2D eigenvalue weighted by Gasteiger charge is 2.52. The van der Waals surface area contributed by atoms with Crippen molar-refractivity contribution in [3.05, 3.63) is 96.1 Å². The zero-order valence-electron chi connectivity index (χ0n) is 19.4. The summed E-state index contributed by atoms with van der Waals surface area (Å²) in [6.45, 7) is 0. The van der Waals surface area contributed by atoms with Gasteiger partial charge in [0.1, 0.15) is 6.04 Å². The molecule has 1 atom stereocenters. The second-order valence-corrected chi connectivity index (χ2v) is 11.4. The Morgan fingerprint density at radius 2 is 1.34 bits per heavy atom. The molecule has 1 amide bonds. The zero-order chi connectivity index (χ0) is 24.9. The van der Waals surface area contributed by atoms with E-state index in [0.29, 0.717) is 18.4 Å². The number of rotatable bonds is 9. The number of hydrogen-bond donors (Lipinski definition) is 2. The second-order valence-electron chi connectivity index (χ2n) is 9.08. The van der Waals surface area contributed by atoms with E-state index in [9.17, 15) is 23.1 Å². The summed E-state index contributed by atoms with van der Waals surface area (Å²) in [5.74, 6) is -2.15. The van der Waals surface area contributed by atoms with E-state index in [1.165, 1.54) is 0 Å². The van der Waals surface area contributed by atoms with Gasteiger partial charge in [0.05, 0.1) is 5.75 Å². The zero-order valence-corrected chi connectivity index (χ0v) is 20.2. The van der Waals surface area contributed by atoms with Crippen LogP contribution >= 0.6 is 0 Å². The van der Waals surface area contributed by atoms with Gasteiger partial charge in [-0.3, -0.25) is 4.79 Å². The van der Waals surface area contributed by atoms with Crippen LogP contribution in [-0.4, -0.2) is 36.2 Å². The molecule has 3 aromatic rings. The molecule has 3 aromatic carbocycles. The number of benzene rings is 3. The fraction of sp³-hybridized carbons (Fsp3) is 0.286. The molecule has 7 heteroatoms. The fourth-order valence-electron chi connectivity index (χ4n) is 4.75. The minimum Gasteiger partial charge on any atom is -0.480 e. The molecule has 35 heavy (non-hydrogen) atoms. The Morgan fingerprint density at radius 3 is 1.91 bits per heavy atom. The van der Waals surface area contributed by atoms with Crippen molar-refractivity contribution in [1.82, 2.24) is 5.32 Å². The summed E-state index contributed by atoms with van der Waals surface area (Å²) in [6.07, 6.45) is 1.68. The van der Waals surface area contributed by atoms with Gasteiger partial charge in [-0.25, -0.2) is 13.2 Å². The van der Waals surface area contributed by atoms with Crippen LogP contribution in [0.15, 0.2) is 84.9 Å². The molecule has 0 bridgehead atoms. The van der Waals surface area contributed by atoms with Gasteiger partial charge < -0.3 is 10.4 Å². The van der Waals surface area contributed by atoms with Crippen LogP contribution in [0.1, 0.15) is 36.8 Å². The Hall–Kier alpha value is -3.45. The monoisotopic (exact) mass is 491 g/mol. The molecule has 6 nitrogen and oxygen atoms in total. The van der Waals surface area contributed by atoms with E-state index in [-0.39, 0.29) is 25.0 Å². The Kier molecular flexibility index (Phi) is 7.36. The van der Waals surface area contributed by atoms with E-state index in [4.69, 9.17) is 0 Å². The first-order valence-electron chi connectivity index (χ1n) is 11.8. The van der Waals surface area contributed by atoms with Crippen LogP contribution < -0.4 is 5.32 Å². The average Bonchev–Trinajstić information content (AvgIpc) is 3.37. The number of carboxylic acids is 1. The summed E-state index contributed by atoms with van der Waals surface area (Å²) in [5.41, 5.74) is 3.40. The summed E-state index contributed by atoms with van der Waals surface area (Å²) >= 11 is 0. The van der Waals surface area contributed by atoms with Crippen LogP contribution in [-0.2, 0) is 31.6 Å². The Morgan fingerprint density at radius 1 is 0.800 bits per heavy atom. The molecule has 182 valence electrons. The Labute approximate surface area is 205 Å². The molecule has 0 radical (unpaired) electrons. The van der Waals surface area contributed by atoms with Gasteiger partial charge in [-0.2, -0.15) is 0 Å². The topological polar surface area (TPSA) is 101 Å². The van der Waals surface area contributed by atoms with Crippen molar-refractivity contribution in [2.45, 2.75) is 48.6 Å². The van der Waals surface area contributed by atoms with Gasteiger partial charge in [0.15, 0.2) is 14.6 Å². The minimum absolute atomic E-state index is 0.0605. The van der Waals surface area contributed by atoms with Crippen LogP contribution in [0, 0.1) is 0 Å². The van der Waals surface area contributed by atoms with Gasteiger partial charge >= 0.3 is 5.97 Å². The van der Waals surface area contributed by atoms with Crippen molar-refractivity contribution in [3.8, 4) is 11.1 Å². The Bertz CT molecular complexity index is 1270. The van der Waals surface area contributed by atoms with Crippen LogP contribution in [0.5, 0.6) is 0 Å². The lowest BCUT2D eigenvalue weighted by Gasteiger charge is -2.29. The quantitative estimate of drug-likeness (QED) is 0.462. The molecule has 1 aliphatic rings. The third-order valence-electron chi connectivity index (χ3n) is 6.72. The summed E-state index contributed by atoms with van der Waals surface area (Å²) in [5, 5.41) is 12.4. The number of carbonyl (C=O) groups is 2. The standard InChI is InChI=1S/C28H29NO5S/c30-26(31)25(19-21-13-15-24(16-14-21)23-11-5-2-6-12-23)29-27(32)28(17-7-8-18-28)35(33,34)20-22-9-3-1-4-10-22/h1-6,9-16,25H,7-8,17-20H2,(H,29,32)(H,30,31)/t25-/m0/s1. The summed E-state index contributed by atoms with van der Waals surface area (Å²) < 4.78 is 25.3. The van der Waals surface area contributed by atoms with Crippen LogP contribution in [0.25, 0.3) is 11.1 Å². The number of carboxylic acid groups (broad SMARTS) is 1. The molecule has 0 aromatic heterocycles. The third kappa shape index (κ3) is 5.46. The summed E-state index contributed by atoms with van der Waals surface area (Å²) in [6, 6.07) is 24.8. The minimum atomic E-state index is -3.86. The van der Waals surface area contributed by atoms with E-state index in [1.54, 1.807) is 30.3 Å². The largest absolute Gasteiger partial charge is 0.480 e. The molecule has 4 rings (SSSR count). The molecule has 0 heterocycles. The number of sulfone groups is 1. The third-order valence-corrected chi connectivity index (χ3v) is 9.22. The highest BCUT2D eigenvalue weighted by molar-refractivity contribution is 7.92. The smallest absolute Gasteiger partial charge is 0.326 e. The highest BCUT2D eigenvalue weighted by Crippen LogP contribution is 2.39. The predicted molar refractivity (Wildman–Crippen MR) is 135 cm³/mol. The van der Waals surface area contributed by atoms with Gasteiger partial charge in [0.2, 0.25) is 5.91 Å². The van der Waals surface area contributed by atoms with Gasteiger partial charge in [-0.05, 0) is 35.1 Å². The average molecular weight is 492 g/mol. The van der Waals surface area contributed by atoms with E-state index < -0.39 is 32.5 Å². The number of nitrogens with one attached hydrogen (secondary N) is 1. The summed E-state index contributed by atoms with van der Waals surface area (Å²) in [7, 11) is -3.86. The van der Waals surface area contributed by atoms with E-state index in [0.717, 1.165) is 16.7 Å². The highest BCUT2D eigenvalue weighted by atomic mass is 32.2. The van der Waals surface area contributed by atoms with Crippen molar-refractivity contribution >= 4 is 21.7 Å². The first kappa shape index (κ1) is 24.7. The van der Waals surface area contributed by atoms with Crippen molar-refractivity contribution in [2.75, 3.05) is 0 Å². The van der Waals surface area contributed by atoms with Crippen molar-refractivity contribution < 1.29 is 23.1 Å². The van der Waals surface area contributed by atoms with Crippen molar-refractivity contribution in [3.63, 3.8) is 0 Å². The lowest BCUT2D eigenvalue weighted by molar-refractivity contribution is -0.142. The Balaban J connectivity index is 1.51. The maximum Gasteiger partial charge on any atom is 0.326 e. The SMILES string of the molecule is O=C(O)[C@H](Cc1ccc(-c2ccccc2)cc1)NC(=O)C1(S(=O)(=O)Cc2ccccc2)CCCC1. The van der Waals surface area contributed by atoms with Crippen LogP contribution in [0.2, 0.25) is 0 Å². The maximum atomic E-state index is 13.4. The molecule has 0 aliphatic heterocycles. The lowest BCUT2D eigenvalue weighted by atomic mass is 9.99. The first-order chi connectivity index (χ1) is 16.8. The number of carbonyl (C=O) groups excluding carboxylic acids is 1. The molecule has 1 saturated carbocycles. The van der Waals surface area contributed by atoms with Crippen molar-refractivity contribution in [2.24, 2.45) is 0 Å². The molecule has 1 aliphatic carbocycles. The predicted octanol–water partition coefficient (Wildman–Crippen LogP) is 4.39. The fourth-order valence-corrected chi connectivity index (χ4v) is 6.91. The second kappa shape index (κ2) is 10.4. The van der Waals surface area contributed by atoms with Crippen LogP contribution in [0.4, 0.5) is 0 Å². The molecule has 0 spiro atoms. The van der Waals surface area contributed by atoms with Crippen LogP contribution in [0.3, 0.4) is 0 Å². The molecule has 0 unspecified atom stereocenters. The number of aliphatic carboxylic acids is 1. The number of hydrogen-bond acceptors (Lipinski definition) is 4. The normalized spacial score (nSPS) is 15.9. The molecular weight excluding hydrogens is 462 g/mol. The van der Waals surface area contributed by atoms with Gasteiger partial charge in [0, 0.05) is 6.42 Å². The van der Waals surface area contributed by atoms with Gasteiger partial charge in [-0.15, -0.1) is 0 Å². The van der Waals surface area contributed by atoms with Gasteiger partial charge in [0.25, 0.3) is 0 Å². The van der Waals surface area contributed by atoms with E-state index in [1.807, 2.05) is 54.6 Å².